The Bertz CT molecular complexity index is 637. The summed E-state index contributed by atoms with van der Waals surface area (Å²) in [7, 11) is 0. The monoisotopic (exact) mass is 280 g/mol. The van der Waals surface area contributed by atoms with Gasteiger partial charge in [0, 0.05) is 5.56 Å². The van der Waals surface area contributed by atoms with E-state index in [4.69, 9.17) is 11.6 Å². The van der Waals surface area contributed by atoms with Gasteiger partial charge in [-0.15, -0.1) is 10.2 Å². The third kappa shape index (κ3) is 2.70. The number of hydrogen-bond acceptors (Lipinski definition) is 2. The molecule has 2 nitrogen and oxygen atoms in total. The smallest absolute Gasteiger partial charge is 0.149 e. The van der Waals surface area contributed by atoms with Gasteiger partial charge in [0.2, 0.25) is 0 Å². The Kier molecular flexibility index (Phi) is 3.48. The molecule has 0 saturated heterocycles. The van der Waals surface area contributed by atoms with Gasteiger partial charge in [-0.05, 0) is 30.2 Å². The van der Waals surface area contributed by atoms with Crippen LogP contribution in [0.5, 0.6) is 0 Å². The second-order valence-electron chi connectivity index (χ2n) is 4.68. The number of benzene rings is 2. The van der Waals surface area contributed by atoms with Crippen LogP contribution in [0.2, 0.25) is 5.15 Å². The highest BCUT2D eigenvalue weighted by Crippen LogP contribution is 2.24. The summed E-state index contributed by atoms with van der Waals surface area (Å²) >= 11 is 5.74. The molecule has 3 heteroatoms. The molecule has 1 heterocycles. The number of nitrogens with zero attached hydrogens (tertiary/aromatic N) is 2. The molecule has 98 valence electrons. The average Bonchev–Trinajstić information content (AvgIpc) is 2.49. The molecular formula is C17H13ClN2. The summed E-state index contributed by atoms with van der Waals surface area (Å²) in [6, 6.07) is 20.4. The van der Waals surface area contributed by atoms with E-state index in [9.17, 15) is 0 Å². The minimum absolute atomic E-state index is 0.407. The van der Waals surface area contributed by atoms with Crippen LogP contribution < -0.4 is 0 Å². The maximum absolute atomic E-state index is 5.74. The molecule has 0 radical (unpaired) electrons. The van der Waals surface area contributed by atoms with E-state index in [0.29, 0.717) is 5.15 Å². The van der Waals surface area contributed by atoms with Crippen molar-refractivity contribution in [3.8, 4) is 22.4 Å². The van der Waals surface area contributed by atoms with Crippen LogP contribution >= 0.6 is 11.6 Å². The topological polar surface area (TPSA) is 25.8 Å². The molecule has 1 aromatic heterocycles. The van der Waals surface area contributed by atoms with Gasteiger partial charge in [0.25, 0.3) is 0 Å². The minimum atomic E-state index is 0.407. The highest BCUT2D eigenvalue weighted by molar-refractivity contribution is 6.29. The fraction of sp³-hybridized carbons (Fsp3) is 0.0588. The van der Waals surface area contributed by atoms with Crippen LogP contribution in [0.1, 0.15) is 5.56 Å². The third-order valence-electron chi connectivity index (χ3n) is 3.20. The van der Waals surface area contributed by atoms with Gasteiger partial charge in [-0.25, -0.2) is 0 Å². The van der Waals surface area contributed by atoms with Crippen molar-refractivity contribution in [2.75, 3.05) is 0 Å². The van der Waals surface area contributed by atoms with Crippen LogP contribution in [0.4, 0.5) is 0 Å². The van der Waals surface area contributed by atoms with Gasteiger partial charge < -0.3 is 0 Å². The van der Waals surface area contributed by atoms with Gasteiger partial charge >= 0.3 is 0 Å². The standard InChI is InChI=1S/C17H13ClN2/c1-12-2-4-13(5-3-12)14-6-8-15(9-7-14)16-10-11-17(18)20-19-16/h2-11H,1H3. The second-order valence-corrected chi connectivity index (χ2v) is 5.07. The fourth-order valence-corrected chi connectivity index (χ4v) is 2.15. The molecule has 0 unspecified atom stereocenters. The molecule has 2 aromatic carbocycles. The first kappa shape index (κ1) is 12.8. The van der Waals surface area contributed by atoms with Crippen LogP contribution in [0.15, 0.2) is 60.7 Å². The zero-order chi connectivity index (χ0) is 13.9. The van der Waals surface area contributed by atoms with E-state index in [0.717, 1.165) is 11.3 Å². The van der Waals surface area contributed by atoms with Gasteiger partial charge in [-0.3, -0.25) is 0 Å². The van der Waals surface area contributed by atoms with Crippen LogP contribution in [-0.2, 0) is 0 Å². The second kappa shape index (κ2) is 5.43. The molecule has 0 fully saturated rings. The van der Waals surface area contributed by atoms with Crippen LogP contribution in [0.3, 0.4) is 0 Å². The lowest BCUT2D eigenvalue weighted by Gasteiger charge is -2.04. The van der Waals surface area contributed by atoms with Gasteiger partial charge in [0.15, 0.2) is 5.15 Å². The van der Waals surface area contributed by atoms with Crippen molar-refractivity contribution >= 4 is 11.6 Å². The first-order chi connectivity index (χ1) is 9.72. The van der Waals surface area contributed by atoms with E-state index >= 15 is 0 Å². The third-order valence-corrected chi connectivity index (χ3v) is 3.40. The van der Waals surface area contributed by atoms with Crippen LogP contribution in [-0.4, -0.2) is 10.2 Å². The molecular weight excluding hydrogens is 268 g/mol. The lowest BCUT2D eigenvalue weighted by atomic mass is 10.0. The van der Waals surface area contributed by atoms with E-state index in [1.54, 1.807) is 6.07 Å². The Morgan fingerprint density at radius 3 is 1.75 bits per heavy atom. The molecule has 0 aliphatic rings. The molecule has 3 aromatic rings. The highest BCUT2D eigenvalue weighted by Gasteiger charge is 2.02. The predicted molar refractivity (Wildman–Crippen MR) is 82.7 cm³/mol. The Labute approximate surface area is 123 Å². The van der Waals surface area contributed by atoms with Crippen molar-refractivity contribution in [2.24, 2.45) is 0 Å². The lowest BCUT2D eigenvalue weighted by molar-refractivity contribution is 1.04. The summed E-state index contributed by atoms with van der Waals surface area (Å²) in [6.45, 7) is 2.09. The Hall–Kier alpha value is -2.19. The molecule has 0 N–H and O–H groups in total. The van der Waals surface area contributed by atoms with Gasteiger partial charge in [-0.1, -0.05) is 65.7 Å². The summed E-state index contributed by atoms with van der Waals surface area (Å²) in [4.78, 5) is 0. The first-order valence-corrected chi connectivity index (χ1v) is 6.77. The molecule has 0 atom stereocenters. The van der Waals surface area contributed by atoms with E-state index < -0.39 is 0 Å². The molecule has 0 spiro atoms. The highest BCUT2D eigenvalue weighted by atomic mass is 35.5. The van der Waals surface area contributed by atoms with E-state index in [1.807, 2.05) is 18.2 Å². The summed E-state index contributed by atoms with van der Waals surface area (Å²) in [5.41, 5.74) is 5.52. The predicted octanol–water partition coefficient (Wildman–Crippen LogP) is 4.77. The van der Waals surface area contributed by atoms with Crippen LogP contribution in [0.25, 0.3) is 22.4 Å². The van der Waals surface area contributed by atoms with E-state index in [-0.39, 0.29) is 0 Å². The fourth-order valence-electron chi connectivity index (χ4n) is 2.05. The zero-order valence-corrected chi connectivity index (χ0v) is 11.8. The summed E-state index contributed by atoms with van der Waals surface area (Å²) < 4.78 is 0. The van der Waals surface area contributed by atoms with Gasteiger partial charge in [0.1, 0.15) is 0 Å². The van der Waals surface area contributed by atoms with Crippen molar-refractivity contribution in [3.05, 3.63) is 71.4 Å². The van der Waals surface area contributed by atoms with Gasteiger partial charge in [-0.2, -0.15) is 0 Å². The Morgan fingerprint density at radius 2 is 1.20 bits per heavy atom. The van der Waals surface area contributed by atoms with E-state index in [1.165, 1.54) is 16.7 Å². The lowest BCUT2D eigenvalue weighted by Crippen LogP contribution is -1.87. The Balaban J connectivity index is 1.91. The molecule has 0 amide bonds. The van der Waals surface area contributed by atoms with Crippen LogP contribution in [0, 0.1) is 6.92 Å². The van der Waals surface area contributed by atoms with Crippen molar-refractivity contribution < 1.29 is 0 Å². The average molecular weight is 281 g/mol. The number of aryl methyl sites for hydroxylation is 1. The number of rotatable bonds is 2. The molecule has 0 aliphatic carbocycles. The largest absolute Gasteiger partial charge is 0.151 e. The maximum Gasteiger partial charge on any atom is 0.151 e. The van der Waals surface area contributed by atoms with E-state index in [2.05, 4.69) is 53.5 Å². The maximum atomic E-state index is 5.74. The van der Waals surface area contributed by atoms with Crippen molar-refractivity contribution in [3.63, 3.8) is 0 Å². The molecule has 20 heavy (non-hydrogen) atoms. The van der Waals surface area contributed by atoms with Gasteiger partial charge in [0.05, 0.1) is 5.69 Å². The van der Waals surface area contributed by atoms with Crippen molar-refractivity contribution in [1.82, 2.24) is 10.2 Å². The van der Waals surface area contributed by atoms with Crippen molar-refractivity contribution in [2.45, 2.75) is 6.92 Å². The summed E-state index contributed by atoms with van der Waals surface area (Å²) in [6.07, 6.45) is 0. The molecule has 3 rings (SSSR count). The molecule has 0 saturated carbocycles. The Morgan fingerprint density at radius 1 is 0.650 bits per heavy atom. The summed E-state index contributed by atoms with van der Waals surface area (Å²) in [5.74, 6) is 0. The zero-order valence-electron chi connectivity index (χ0n) is 11.0. The number of halogens is 1. The normalized spacial score (nSPS) is 10.5. The first-order valence-electron chi connectivity index (χ1n) is 6.39. The summed E-state index contributed by atoms with van der Waals surface area (Å²) in [5, 5.41) is 8.35. The number of hydrogen-bond donors (Lipinski definition) is 0. The van der Waals surface area contributed by atoms with Crippen molar-refractivity contribution in [1.29, 1.82) is 0 Å². The quantitative estimate of drug-likeness (QED) is 0.675. The SMILES string of the molecule is Cc1ccc(-c2ccc(-c3ccc(Cl)nn3)cc2)cc1. The number of aromatic nitrogens is 2. The minimum Gasteiger partial charge on any atom is -0.149 e. The molecule has 0 bridgehead atoms. The molecule has 0 aliphatic heterocycles.